The van der Waals surface area contributed by atoms with Gasteiger partial charge in [-0.1, -0.05) is 51.1 Å². The molecular formula is C18H30N2O. The maximum absolute atomic E-state index is 6.18. The van der Waals surface area contributed by atoms with Gasteiger partial charge in [-0.2, -0.15) is 0 Å². The molecule has 1 aliphatic rings. The van der Waals surface area contributed by atoms with Gasteiger partial charge in [0.05, 0.1) is 12.2 Å². The average Bonchev–Trinajstić information content (AvgIpc) is 2.93. The molecule has 2 atom stereocenters. The first-order valence-electron chi connectivity index (χ1n) is 8.32. The van der Waals surface area contributed by atoms with Gasteiger partial charge in [-0.3, -0.25) is 4.90 Å². The normalized spacial score (nSPS) is 22.3. The molecule has 1 N–H and O–H groups in total. The molecule has 0 amide bonds. The molecule has 21 heavy (non-hydrogen) atoms. The van der Waals surface area contributed by atoms with Crippen LogP contribution in [0.2, 0.25) is 0 Å². The highest BCUT2D eigenvalue weighted by Crippen LogP contribution is 2.21. The van der Waals surface area contributed by atoms with Gasteiger partial charge in [-0.05, 0) is 24.9 Å². The molecule has 0 radical (unpaired) electrons. The van der Waals surface area contributed by atoms with Crippen LogP contribution in [0, 0.1) is 0 Å². The fourth-order valence-corrected chi connectivity index (χ4v) is 2.87. The predicted octanol–water partition coefficient (Wildman–Crippen LogP) is 3.05. The maximum atomic E-state index is 6.18. The molecule has 2 unspecified atom stereocenters. The van der Waals surface area contributed by atoms with Crippen molar-refractivity contribution in [3.8, 4) is 0 Å². The molecule has 118 valence electrons. The lowest BCUT2D eigenvalue weighted by Gasteiger charge is -2.24. The van der Waals surface area contributed by atoms with Gasteiger partial charge in [0.2, 0.25) is 0 Å². The minimum atomic E-state index is 0.396. The minimum absolute atomic E-state index is 0.396. The van der Waals surface area contributed by atoms with E-state index in [1.54, 1.807) is 0 Å². The van der Waals surface area contributed by atoms with Crippen molar-refractivity contribution in [2.45, 2.75) is 58.4 Å². The summed E-state index contributed by atoms with van der Waals surface area (Å²) in [5.74, 6) is 0. The molecule has 1 aromatic rings. The van der Waals surface area contributed by atoms with Gasteiger partial charge >= 0.3 is 0 Å². The van der Waals surface area contributed by atoms with Crippen molar-refractivity contribution < 1.29 is 4.74 Å². The summed E-state index contributed by atoms with van der Waals surface area (Å²) in [7, 11) is 0. The van der Waals surface area contributed by atoms with E-state index in [1.165, 1.54) is 18.4 Å². The van der Waals surface area contributed by atoms with E-state index in [1.807, 2.05) is 0 Å². The van der Waals surface area contributed by atoms with Gasteiger partial charge in [0.15, 0.2) is 0 Å². The van der Waals surface area contributed by atoms with Crippen LogP contribution in [-0.4, -0.2) is 42.8 Å². The number of likely N-dealkylation sites (N-methyl/N-ethyl adjacent to an activating group) is 1. The average molecular weight is 290 g/mol. The molecule has 1 saturated heterocycles. The summed E-state index contributed by atoms with van der Waals surface area (Å²) in [5, 5.41) is 3.48. The number of hydrogen-bond acceptors (Lipinski definition) is 3. The fraction of sp³-hybridized carbons (Fsp3) is 0.667. The monoisotopic (exact) mass is 290 g/mol. The summed E-state index contributed by atoms with van der Waals surface area (Å²) in [5.41, 5.74) is 1.38. The predicted molar refractivity (Wildman–Crippen MR) is 88.4 cm³/mol. The van der Waals surface area contributed by atoms with Crippen LogP contribution in [0.25, 0.3) is 0 Å². The third kappa shape index (κ3) is 5.77. The van der Waals surface area contributed by atoms with Crippen LogP contribution in [0.5, 0.6) is 0 Å². The molecule has 2 rings (SSSR count). The Morgan fingerprint density at radius 1 is 1.19 bits per heavy atom. The van der Waals surface area contributed by atoms with E-state index >= 15 is 0 Å². The molecule has 1 fully saturated rings. The van der Waals surface area contributed by atoms with Gasteiger partial charge in [0.25, 0.3) is 0 Å². The largest absolute Gasteiger partial charge is 0.372 e. The topological polar surface area (TPSA) is 24.5 Å². The second-order valence-corrected chi connectivity index (χ2v) is 6.33. The van der Waals surface area contributed by atoms with E-state index in [0.29, 0.717) is 18.2 Å². The van der Waals surface area contributed by atoms with Crippen LogP contribution in [-0.2, 0) is 11.3 Å². The SMILES string of the molecule is CCN(Cc1ccccc1)CC1CCC(CNC(C)C)O1. The molecule has 3 heteroatoms. The molecular weight excluding hydrogens is 260 g/mol. The van der Waals surface area contributed by atoms with Crippen LogP contribution < -0.4 is 5.32 Å². The van der Waals surface area contributed by atoms with E-state index in [9.17, 15) is 0 Å². The Labute approximate surface area is 129 Å². The van der Waals surface area contributed by atoms with Crippen molar-refractivity contribution in [1.29, 1.82) is 0 Å². The van der Waals surface area contributed by atoms with Crippen molar-refractivity contribution in [3.63, 3.8) is 0 Å². The lowest BCUT2D eigenvalue weighted by molar-refractivity contribution is 0.0220. The second kappa shape index (κ2) is 8.52. The Balaban J connectivity index is 1.75. The third-order valence-electron chi connectivity index (χ3n) is 4.11. The number of nitrogens with one attached hydrogen (secondary N) is 1. The Morgan fingerprint density at radius 3 is 2.57 bits per heavy atom. The van der Waals surface area contributed by atoms with Crippen LogP contribution >= 0.6 is 0 Å². The summed E-state index contributed by atoms with van der Waals surface area (Å²) in [6, 6.07) is 11.2. The van der Waals surface area contributed by atoms with E-state index < -0.39 is 0 Å². The Hall–Kier alpha value is -0.900. The molecule has 0 bridgehead atoms. The maximum Gasteiger partial charge on any atom is 0.0707 e. The van der Waals surface area contributed by atoms with Crippen LogP contribution in [0.3, 0.4) is 0 Å². The van der Waals surface area contributed by atoms with E-state index in [0.717, 1.165) is 26.2 Å². The van der Waals surface area contributed by atoms with E-state index in [2.05, 4.69) is 61.3 Å². The first kappa shape index (κ1) is 16.5. The van der Waals surface area contributed by atoms with Gasteiger partial charge < -0.3 is 10.1 Å². The number of rotatable bonds is 8. The van der Waals surface area contributed by atoms with E-state index in [-0.39, 0.29) is 0 Å². The molecule has 0 spiro atoms. The smallest absolute Gasteiger partial charge is 0.0707 e. The third-order valence-corrected chi connectivity index (χ3v) is 4.11. The molecule has 1 aliphatic heterocycles. The fourth-order valence-electron chi connectivity index (χ4n) is 2.87. The summed E-state index contributed by atoms with van der Waals surface area (Å²) in [4.78, 5) is 2.48. The van der Waals surface area contributed by atoms with Gasteiger partial charge in [-0.25, -0.2) is 0 Å². The number of benzene rings is 1. The Bertz CT molecular complexity index is 393. The molecule has 1 aromatic carbocycles. The van der Waals surface area contributed by atoms with Gasteiger partial charge in [0.1, 0.15) is 0 Å². The number of hydrogen-bond donors (Lipinski definition) is 1. The van der Waals surface area contributed by atoms with Crippen LogP contribution in [0.15, 0.2) is 30.3 Å². The van der Waals surface area contributed by atoms with Crippen LogP contribution in [0.1, 0.15) is 39.2 Å². The Morgan fingerprint density at radius 2 is 1.90 bits per heavy atom. The number of ether oxygens (including phenoxy) is 1. The first-order chi connectivity index (χ1) is 10.2. The molecule has 0 saturated carbocycles. The molecule has 0 aromatic heterocycles. The highest BCUT2D eigenvalue weighted by Gasteiger charge is 2.26. The minimum Gasteiger partial charge on any atom is -0.372 e. The van der Waals surface area contributed by atoms with E-state index in [4.69, 9.17) is 4.74 Å². The quantitative estimate of drug-likeness (QED) is 0.796. The second-order valence-electron chi connectivity index (χ2n) is 6.33. The van der Waals surface area contributed by atoms with Gasteiger partial charge in [0, 0.05) is 25.7 Å². The zero-order valence-corrected chi connectivity index (χ0v) is 13.7. The summed E-state index contributed by atoms with van der Waals surface area (Å²) in [6.45, 7) is 10.7. The summed E-state index contributed by atoms with van der Waals surface area (Å²) < 4.78 is 6.18. The molecule has 3 nitrogen and oxygen atoms in total. The van der Waals surface area contributed by atoms with Crippen molar-refractivity contribution in [2.24, 2.45) is 0 Å². The lowest BCUT2D eigenvalue weighted by atomic mass is 10.1. The highest BCUT2D eigenvalue weighted by molar-refractivity contribution is 5.14. The summed E-state index contributed by atoms with van der Waals surface area (Å²) in [6.07, 6.45) is 3.17. The highest BCUT2D eigenvalue weighted by atomic mass is 16.5. The number of nitrogens with zero attached hydrogens (tertiary/aromatic N) is 1. The van der Waals surface area contributed by atoms with Crippen molar-refractivity contribution >= 4 is 0 Å². The van der Waals surface area contributed by atoms with Crippen molar-refractivity contribution in [1.82, 2.24) is 10.2 Å². The first-order valence-corrected chi connectivity index (χ1v) is 8.32. The molecule has 1 heterocycles. The summed E-state index contributed by atoms with van der Waals surface area (Å²) >= 11 is 0. The zero-order chi connectivity index (χ0) is 15.1. The van der Waals surface area contributed by atoms with Gasteiger partial charge in [-0.15, -0.1) is 0 Å². The van der Waals surface area contributed by atoms with Crippen molar-refractivity contribution in [2.75, 3.05) is 19.6 Å². The lowest BCUT2D eigenvalue weighted by Crippen LogP contribution is -2.35. The van der Waals surface area contributed by atoms with Crippen LogP contribution in [0.4, 0.5) is 0 Å². The standard InChI is InChI=1S/C18H30N2O/c1-4-20(13-16-8-6-5-7-9-16)14-18-11-10-17(21-18)12-19-15(2)3/h5-9,15,17-19H,4,10-14H2,1-3H3. The zero-order valence-electron chi connectivity index (χ0n) is 13.7. The Kier molecular flexibility index (Phi) is 6.68. The molecule has 0 aliphatic carbocycles. The van der Waals surface area contributed by atoms with Crippen molar-refractivity contribution in [3.05, 3.63) is 35.9 Å².